The highest BCUT2D eigenvalue weighted by atomic mass is 15.3. The van der Waals surface area contributed by atoms with Crippen molar-refractivity contribution in [2.24, 2.45) is 11.7 Å². The largest absolute Gasteiger partial charge is 0.354 e. The predicted octanol–water partition coefficient (Wildman–Crippen LogP) is 1.64. The Bertz CT molecular complexity index is 574. The van der Waals surface area contributed by atoms with Gasteiger partial charge >= 0.3 is 0 Å². The molecule has 1 unspecified atom stereocenters. The van der Waals surface area contributed by atoms with Gasteiger partial charge in [-0.3, -0.25) is 0 Å². The molecule has 3 rings (SSSR count). The third-order valence-electron chi connectivity index (χ3n) is 3.90. The van der Waals surface area contributed by atoms with Gasteiger partial charge in [0.15, 0.2) is 5.82 Å². The number of nitrogens with two attached hydrogens (primary N) is 1. The van der Waals surface area contributed by atoms with Crippen molar-refractivity contribution in [2.75, 3.05) is 24.5 Å². The molecule has 0 radical (unpaired) electrons. The monoisotopic (exact) mass is 259 g/mol. The van der Waals surface area contributed by atoms with Crippen LogP contribution in [0.15, 0.2) is 18.5 Å². The number of hydrogen-bond acceptors (Lipinski definition) is 4. The molecule has 0 bridgehead atoms. The lowest BCUT2D eigenvalue weighted by Crippen LogP contribution is -2.23. The molecule has 3 heterocycles. The summed E-state index contributed by atoms with van der Waals surface area (Å²) in [6.45, 7) is 7.13. The average molecular weight is 259 g/mol. The first-order chi connectivity index (χ1) is 9.19. The summed E-state index contributed by atoms with van der Waals surface area (Å²) in [5.41, 5.74) is 7.98. The maximum atomic E-state index is 5.77. The lowest BCUT2D eigenvalue weighted by molar-refractivity contribution is 0.602. The van der Waals surface area contributed by atoms with Gasteiger partial charge in [0.25, 0.3) is 0 Å². The molecule has 1 atom stereocenters. The van der Waals surface area contributed by atoms with E-state index in [4.69, 9.17) is 5.73 Å². The summed E-state index contributed by atoms with van der Waals surface area (Å²) in [6, 6.07) is 2.16. The second kappa shape index (κ2) is 4.81. The van der Waals surface area contributed by atoms with Crippen LogP contribution in [0.3, 0.4) is 0 Å². The van der Waals surface area contributed by atoms with E-state index in [1.807, 2.05) is 16.9 Å². The molecule has 2 aromatic rings. The van der Waals surface area contributed by atoms with Gasteiger partial charge in [-0.15, -0.1) is 0 Å². The highest BCUT2D eigenvalue weighted by molar-refractivity contribution is 5.69. The second-order valence-electron chi connectivity index (χ2n) is 5.64. The zero-order valence-corrected chi connectivity index (χ0v) is 11.6. The van der Waals surface area contributed by atoms with Crippen LogP contribution in [0, 0.1) is 5.92 Å². The van der Waals surface area contributed by atoms with E-state index in [1.165, 1.54) is 0 Å². The minimum Gasteiger partial charge on any atom is -0.354 e. The van der Waals surface area contributed by atoms with E-state index in [-0.39, 0.29) is 0 Å². The number of aromatic nitrogens is 3. The van der Waals surface area contributed by atoms with E-state index in [2.05, 4.69) is 34.9 Å². The van der Waals surface area contributed by atoms with Crippen LogP contribution in [0.1, 0.15) is 31.9 Å². The Balaban J connectivity index is 1.99. The van der Waals surface area contributed by atoms with Crippen molar-refractivity contribution in [3.8, 4) is 0 Å². The molecule has 0 aromatic carbocycles. The molecule has 0 amide bonds. The van der Waals surface area contributed by atoms with Gasteiger partial charge in [0.1, 0.15) is 5.52 Å². The lowest BCUT2D eigenvalue weighted by atomic mass is 10.1. The van der Waals surface area contributed by atoms with Crippen molar-refractivity contribution in [2.45, 2.75) is 26.2 Å². The van der Waals surface area contributed by atoms with Gasteiger partial charge in [0, 0.05) is 25.5 Å². The highest BCUT2D eigenvalue weighted by Gasteiger charge is 2.24. The number of nitrogens with zero attached hydrogens (tertiary/aromatic N) is 4. The van der Waals surface area contributed by atoms with Crippen molar-refractivity contribution in [1.82, 2.24) is 14.6 Å². The third-order valence-corrected chi connectivity index (χ3v) is 3.90. The summed E-state index contributed by atoms with van der Waals surface area (Å²) in [5, 5.41) is 4.61. The summed E-state index contributed by atoms with van der Waals surface area (Å²) in [6.07, 6.45) is 4.90. The Hall–Kier alpha value is -1.62. The molecule has 1 aliphatic heterocycles. The third kappa shape index (κ3) is 2.18. The first-order valence-electron chi connectivity index (χ1n) is 6.98. The summed E-state index contributed by atoms with van der Waals surface area (Å²) < 4.78 is 1.94. The van der Waals surface area contributed by atoms with E-state index < -0.39 is 0 Å². The van der Waals surface area contributed by atoms with Crippen LogP contribution in [0.5, 0.6) is 0 Å². The molecule has 1 saturated heterocycles. The first-order valence-corrected chi connectivity index (χ1v) is 6.98. The number of fused-ring (bicyclic) bond motifs is 1. The molecule has 2 aromatic heterocycles. The van der Waals surface area contributed by atoms with Crippen molar-refractivity contribution in [1.29, 1.82) is 0 Å². The molecule has 2 N–H and O–H groups in total. The number of rotatable bonds is 3. The maximum absolute atomic E-state index is 5.77. The van der Waals surface area contributed by atoms with Crippen LogP contribution in [0.4, 0.5) is 5.82 Å². The molecule has 0 saturated carbocycles. The molecular weight excluding hydrogens is 238 g/mol. The normalized spacial score (nSPS) is 19.8. The molecule has 19 heavy (non-hydrogen) atoms. The first kappa shape index (κ1) is 12.4. The zero-order chi connectivity index (χ0) is 13.4. The molecule has 102 valence electrons. The van der Waals surface area contributed by atoms with Gasteiger partial charge in [0.2, 0.25) is 0 Å². The Morgan fingerprint density at radius 3 is 3.00 bits per heavy atom. The Morgan fingerprint density at radius 2 is 2.32 bits per heavy atom. The van der Waals surface area contributed by atoms with Crippen molar-refractivity contribution < 1.29 is 0 Å². The van der Waals surface area contributed by atoms with Crippen LogP contribution in [0.2, 0.25) is 0 Å². The second-order valence-corrected chi connectivity index (χ2v) is 5.64. The minimum atomic E-state index is 0.433. The summed E-state index contributed by atoms with van der Waals surface area (Å²) >= 11 is 0. The van der Waals surface area contributed by atoms with Crippen molar-refractivity contribution in [3.63, 3.8) is 0 Å². The van der Waals surface area contributed by atoms with Gasteiger partial charge < -0.3 is 10.6 Å². The molecule has 0 spiro atoms. The summed E-state index contributed by atoms with van der Waals surface area (Å²) in [4.78, 5) is 6.89. The van der Waals surface area contributed by atoms with E-state index in [1.54, 1.807) is 0 Å². The van der Waals surface area contributed by atoms with E-state index in [0.717, 1.165) is 43.1 Å². The zero-order valence-electron chi connectivity index (χ0n) is 11.6. The predicted molar refractivity (Wildman–Crippen MR) is 76.5 cm³/mol. The quantitative estimate of drug-likeness (QED) is 0.910. The average Bonchev–Trinajstić information content (AvgIpc) is 3.04. The molecule has 1 fully saturated rings. The fraction of sp³-hybridized carbons (Fsp3) is 0.571. The Labute approximate surface area is 113 Å². The SMILES string of the molecule is CC(C)c1cc2c(N3CCC(CN)C3)nccn2n1. The molecule has 5 nitrogen and oxygen atoms in total. The van der Waals surface area contributed by atoms with Crippen LogP contribution in [0.25, 0.3) is 5.52 Å². The topological polar surface area (TPSA) is 59.5 Å². The van der Waals surface area contributed by atoms with Gasteiger partial charge in [-0.25, -0.2) is 9.50 Å². The van der Waals surface area contributed by atoms with Gasteiger partial charge in [-0.2, -0.15) is 5.10 Å². The molecule has 1 aliphatic rings. The van der Waals surface area contributed by atoms with Gasteiger partial charge in [-0.1, -0.05) is 13.8 Å². The van der Waals surface area contributed by atoms with Gasteiger partial charge in [-0.05, 0) is 30.9 Å². The van der Waals surface area contributed by atoms with Crippen LogP contribution < -0.4 is 10.6 Å². The molecule has 5 heteroatoms. The number of anilines is 1. The van der Waals surface area contributed by atoms with E-state index in [9.17, 15) is 0 Å². The standard InChI is InChI=1S/C14H21N5/c1-10(2)12-7-13-14(16-4-6-19(13)17-12)18-5-3-11(8-15)9-18/h4,6-7,10-11H,3,5,8-9,15H2,1-2H3. The van der Waals surface area contributed by atoms with E-state index in [0.29, 0.717) is 11.8 Å². The fourth-order valence-corrected chi connectivity index (χ4v) is 2.67. The highest BCUT2D eigenvalue weighted by Crippen LogP contribution is 2.27. The van der Waals surface area contributed by atoms with Crippen molar-refractivity contribution >= 4 is 11.3 Å². The van der Waals surface area contributed by atoms with Crippen LogP contribution in [-0.4, -0.2) is 34.2 Å². The smallest absolute Gasteiger partial charge is 0.154 e. The Morgan fingerprint density at radius 1 is 1.47 bits per heavy atom. The summed E-state index contributed by atoms with van der Waals surface area (Å²) in [7, 11) is 0. The fourth-order valence-electron chi connectivity index (χ4n) is 2.67. The minimum absolute atomic E-state index is 0.433. The van der Waals surface area contributed by atoms with Gasteiger partial charge in [0.05, 0.1) is 5.69 Å². The lowest BCUT2D eigenvalue weighted by Gasteiger charge is -2.17. The molecule has 0 aliphatic carbocycles. The van der Waals surface area contributed by atoms with E-state index >= 15 is 0 Å². The maximum Gasteiger partial charge on any atom is 0.154 e. The molecular formula is C14H21N5. The van der Waals surface area contributed by atoms with Crippen LogP contribution >= 0.6 is 0 Å². The number of hydrogen-bond donors (Lipinski definition) is 1. The Kier molecular flexibility index (Phi) is 3.14. The van der Waals surface area contributed by atoms with Crippen LogP contribution in [-0.2, 0) is 0 Å². The summed E-state index contributed by atoms with van der Waals surface area (Å²) in [5.74, 6) is 2.07. The van der Waals surface area contributed by atoms with Crippen molar-refractivity contribution in [3.05, 3.63) is 24.2 Å².